The fourth-order valence-electron chi connectivity index (χ4n) is 1.31. The highest BCUT2D eigenvalue weighted by Crippen LogP contribution is 2.17. The Hall–Kier alpha value is -0.940. The molecular weight excluding hydrogens is 282 g/mol. The van der Waals surface area contributed by atoms with Gasteiger partial charge in [-0.2, -0.15) is 0 Å². The van der Waals surface area contributed by atoms with Crippen LogP contribution in [0.25, 0.3) is 0 Å². The van der Waals surface area contributed by atoms with Gasteiger partial charge in [0, 0.05) is 12.0 Å². The molecule has 1 aromatic rings. The number of hydrogen-bond donors (Lipinski definition) is 2. The molecule has 1 heterocycles. The van der Waals surface area contributed by atoms with Crippen molar-refractivity contribution in [2.45, 2.75) is 39.2 Å². The van der Waals surface area contributed by atoms with Crippen molar-refractivity contribution in [1.82, 2.24) is 4.98 Å². The fraction of sp³-hybridized carbons (Fsp3) is 0.500. The molecule has 1 aromatic heterocycles. The molecule has 0 unspecified atom stereocenters. The zero-order valence-corrected chi connectivity index (χ0v) is 12.0. The summed E-state index contributed by atoms with van der Waals surface area (Å²) in [5.74, 6) is -0.0317. The second-order valence-electron chi connectivity index (χ2n) is 4.80. The van der Waals surface area contributed by atoms with Crippen LogP contribution in [0.5, 0.6) is 0 Å². The number of nitrogens with one attached hydrogen (secondary N) is 1. The average Bonchev–Trinajstić information content (AvgIpc) is 2.18. The van der Waals surface area contributed by atoms with E-state index in [-0.39, 0.29) is 11.4 Å². The summed E-state index contributed by atoms with van der Waals surface area (Å²) in [7, 11) is 0. The van der Waals surface area contributed by atoms with Crippen molar-refractivity contribution in [3.05, 3.63) is 22.4 Å². The van der Waals surface area contributed by atoms with Crippen LogP contribution in [0.3, 0.4) is 0 Å². The number of hydrogen-bond acceptors (Lipinski definition) is 3. The Kier molecular flexibility index (Phi) is 4.65. The Balaban J connectivity index is 2.57. The van der Waals surface area contributed by atoms with E-state index in [2.05, 4.69) is 26.2 Å². The fourth-order valence-corrected chi connectivity index (χ4v) is 1.71. The quantitative estimate of drug-likeness (QED) is 0.840. The topological polar surface area (TPSA) is 68.0 Å². The van der Waals surface area contributed by atoms with Gasteiger partial charge in [-0.05, 0) is 55.3 Å². The highest BCUT2D eigenvalue weighted by Gasteiger charge is 2.13. The first kappa shape index (κ1) is 14.1. The molecule has 5 heteroatoms. The number of halogens is 1. The third kappa shape index (κ3) is 5.28. The van der Waals surface area contributed by atoms with Crippen LogP contribution in [0.1, 0.15) is 32.4 Å². The van der Waals surface area contributed by atoms with Crippen molar-refractivity contribution < 1.29 is 4.79 Å². The largest absolute Gasteiger partial charge is 0.326 e. The maximum atomic E-state index is 11.7. The van der Waals surface area contributed by atoms with E-state index < -0.39 is 0 Å². The van der Waals surface area contributed by atoms with Crippen LogP contribution in [-0.4, -0.2) is 16.4 Å². The molecule has 4 nitrogen and oxygen atoms in total. The van der Waals surface area contributed by atoms with Crippen molar-refractivity contribution >= 4 is 27.5 Å². The van der Waals surface area contributed by atoms with Gasteiger partial charge in [0.05, 0.1) is 11.4 Å². The van der Waals surface area contributed by atoms with Crippen LogP contribution in [0.2, 0.25) is 0 Å². The van der Waals surface area contributed by atoms with Crippen LogP contribution in [-0.2, 0) is 4.79 Å². The maximum absolute atomic E-state index is 11.7. The molecule has 0 bridgehead atoms. The smallest absolute Gasteiger partial charge is 0.224 e. The molecule has 0 saturated heterocycles. The van der Waals surface area contributed by atoms with E-state index in [0.29, 0.717) is 12.8 Å². The Bertz CT molecular complexity index is 413. The molecule has 94 valence electrons. The Morgan fingerprint density at radius 3 is 2.71 bits per heavy atom. The maximum Gasteiger partial charge on any atom is 0.224 e. The zero-order chi connectivity index (χ0) is 13.1. The van der Waals surface area contributed by atoms with Crippen LogP contribution in [0.15, 0.2) is 16.7 Å². The lowest BCUT2D eigenvalue weighted by Crippen LogP contribution is -2.33. The van der Waals surface area contributed by atoms with E-state index in [0.717, 1.165) is 16.0 Å². The first-order chi connectivity index (χ1) is 7.78. The Morgan fingerprint density at radius 1 is 1.53 bits per heavy atom. The van der Waals surface area contributed by atoms with Gasteiger partial charge in [-0.25, -0.2) is 4.98 Å². The Labute approximate surface area is 110 Å². The van der Waals surface area contributed by atoms with Gasteiger partial charge in [-0.1, -0.05) is 0 Å². The van der Waals surface area contributed by atoms with Gasteiger partial charge in [0.25, 0.3) is 0 Å². The molecule has 3 N–H and O–H groups in total. The van der Waals surface area contributed by atoms with Gasteiger partial charge in [0.2, 0.25) is 5.91 Å². The number of nitrogens with zero attached hydrogens (tertiary/aromatic N) is 1. The molecule has 0 radical (unpaired) electrons. The molecule has 0 aliphatic rings. The minimum Gasteiger partial charge on any atom is -0.326 e. The number of amides is 1. The predicted molar refractivity (Wildman–Crippen MR) is 72.8 cm³/mol. The number of rotatable bonds is 4. The minimum atomic E-state index is -0.315. The monoisotopic (exact) mass is 299 g/mol. The summed E-state index contributed by atoms with van der Waals surface area (Å²) >= 11 is 3.28. The molecule has 0 saturated carbocycles. The first-order valence-electron chi connectivity index (χ1n) is 5.50. The molecule has 1 rings (SSSR count). The van der Waals surface area contributed by atoms with Crippen molar-refractivity contribution in [2.24, 2.45) is 5.73 Å². The lowest BCUT2D eigenvalue weighted by Gasteiger charge is -2.17. The van der Waals surface area contributed by atoms with E-state index >= 15 is 0 Å². The molecular formula is C12H18BrN3O. The molecule has 0 fully saturated rings. The van der Waals surface area contributed by atoms with Crippen LogP contribution < -0.4 is 11.1 Å². The molecule has 0 aliphatic carbocycles. The summed E-state index contributed by atoms with van der Waals surface area (Å²) in [5, 5.41) is 2.83. The summed E-state index contributed by atoms with van der Waals surface area (Å²) in [5.41, 5.74) is 7.05. The van der Waals surface area contributed by atoms with Crippen LogP contribution in [0, 0.1) is 6.92 Å². The van der Waals surface area contributed by atoms with Crippen LogP contribution in [0.4, 0.5) is 5.69 Å². The third-order valence-electron chi connectivity index (χ3n) is 2.32. The van der Waals surface area contributed by atoms with E-state index in [1.165, 1.54) is 0 Å². The van der Waals surface area contributed by atoms with Crippen molar-refractivity contribution in [2.75, 3.05) is 5.32 Å². The highest BCUT2D eigenvalue weighted by molar-refractivity contribution is 9.10. The standard InChI is InChI=1S/C12H18BrN3O/c1-8-9(4-5-10(13)15-8)16-11(17)6-7-12(2,3)14/h4-5H,6-7,14H2,1-3H3,(H,16,17). The molecule has 17 heavy (non-hydrogen) atoms. The van der Waals surface area contributed by atoms with Gasteiger partial charge in [-0.3, -0.25) is 4.79 Å². The number of aryl methyl sites for hydroxylation is 1. The Morgan fingerprint density at radius 2 is 2.18 bits per heavy atom. The second kappa shape index (κ2) is 5.60. The first-order valence-corrected chi connectivity index (χ1v) is 6.29. The van der Waals surface area contributed by atoms with Crippen molar-refractivity contribution in [1.29, 1.82) is 0 Å². The summed E-state index contributed by atoms with van der Waals surface area (Å²) in [6, 6.07) is 3.63. The predicted octanol–water partition coefficient (Wildman–Crippen LogP) is 2.61. The average molecular weight is 300 g/mol. The molecule has 0 aliphatic heterocycles. The summed E-state index contributed by atoms with van der Waals surface area (Å²) in [6.45, 7) is 5.67. The minimum absolute atomic E-state index is 0.0317. The van der Waals surface area contributed by atoms with Crippen molar-refractivity contribution in [3.63, 3.8) is 0 Å². The second-order valence-corrected chi connectivity index (χ2v) is 5.62. The summed E-state index contributed by atoms with van der Waals surface area (Å²) in [4.78, 5) is 15.9. The number of pyridine rings is 1. The lowest BCUT2D eigenvalue weighted by molar-refractivity contribution is -0.116. The molecule has 0 aromatic carbocycles. The number of carbonyl (C=O) groups is 1. The molecule has 0 spiro atoms. The lowest BCUT2D eigenvalue weighted by atomic mass is 10.00. The number of anilines is 1. The van der Waals surface area contributed by atoms with E-state index in [1.807, 2.05) is 26.8 Å². The highest BCUT2D eigenvalue weighted by atomic mass is 79.9. The molecule has 0 atom stereocenters. The van der Waals surface area contributed by atoms with Gasteiger partial charge in [0.1, 0.15) is 4.60 Å². The van der Waals surface area contributed by atoms with Gasteiger partial charge < -0.3 is 11.1 Å². The van der Waals surface area contributed by atoms with Gasteiger partial charge in [0.15, 0.2) is 0 Å². The van der Waals surface area contributed by atoms with Crippen LogP contribution >= 0.6 is 15.9 Å². The molecule has 1 amide bonds. The summed E-state index contributed by atoms with van der Waals surface area (Å²) in [6.07, 6.45) is 1.07. The third-order valence-corrected chi connectivity index (χ3v) is 2.76. The number of aromatic nitrogens is 1. The summed E-state index contributed by atoms with van der Waals surface area (Å²) < 4.78 is 0.760. The van der Waals surface area contributed by atoms with E-state index in [4.69, 9.17) is 5.73 Å². The van der Waals surface area contributed by atoms with Gasteiger partial charge >= 0.3 is 0 Å². The zero-order valence-electron chi connectivity index (χ0n) is 10.4. The van der Waals surface area contributed by atoms with E-state index in [9.17, 15) is 4.79 Å². The van der Waals surface area contributed by atoms with Gasteiger partial charge in [-0.15, -0.1) is 0 Å². The normalized spacial score (nSPS) is 11.4. The van der Waals surface area contributed by atoms with Crippen molar-refractivity contribution in [3.8, 4) is 0 Å². The van der Waals surface area contributed by atoms with E-state index in [1.54, 1.807) is 6.07 Å². The SMILES string of the molecule is Cc1nc(Br)ccc1NC(=O)CCC(C)(C)N. The number of carbonyl (C=O) groups excluding carboxylic acids is 1. The number of nitrogens with two attached hydrogens (primary N) is 1.